The van der Waals surface area contributed by atoms with Crippen molar-refractivity contribution in [3.63, 3.8) is 0 Å². The number of thiocarbonyl (C=S) groups is 1. The molecule has 4 N–H and O–H groups in total. The Morgan fingerprint density at radius 1 is 1.50 bits per heavy atom. The summed E-state index contributed by atoms with van der Waals surface area (Å²) in [7, 11) is 1.65. The first-order valence-corrected chi connectivity index (χ1v) is 6.71. The third-order valence-corrected chi connectivity index (χ3v) is 3.14. The van der Waals surface area contributed by atoms with Gasteiger partial charge in [0.1, 0.15) is 18.3 Å². The van der Waals surface area contributed by atoms with Gasteiger partial charge in [-0.3, -0.25) is 0 Å². The van der Waals surface area contributed by atoms with E-state index in [4.69, 9.17) is 21.7 Å². The molecule has 0 aromatic rings. The van der Waals surface area contributed by atoms with Crippen LogP contribution < -0.4 is 10.6 Å². The molecule has 0 radical (unpaired) electrons. The van der Waals surface area contributed by atoms with Gasteiger partial charge in [0.05, 0.1) is 19.3 Å². The summed E-state index contributed by atoms with van der Waals surface area (Å²) < 4.78 is 10.1. The zero-order valence-electron chi connectivity index (χ0n) is 11.4. The maximum absolute atomic E-state index is 11.2. The van der Waals surface area contributed by atoms with E-state index in [9.17, 15) is 15.0 Å². The van der Waals surface area contributed by atoms with Crippen molar-refractivity contribution < 1.29 is 24.5 Å². The molecule has 1 fully saturated rings. The highest BCUT2D eigenvalue weighted by atomic mass is 32.1. The lowest BCUT2D eigenvalue weighted by molar-refractivity contribution is -0.138. The minimum Gasteiger partial charge on any atom is -0.463 e. The van der Waals surface area contributed by atoms with Crippen LogP contribution in [0.25, 0.3) is 0 Å². The molecule has 0 aromatic heterocycles. The second-order valence-corrected chi connectivity index (χ2v) is 4.63. The zero-order chi connectivity index (χ0) is 15.1. The summed E-state index contributed by atoms with van der Waals surface area (Å²) in [5, 5.41) is 25.8. The lowest BCUT2D eigenvalue weighted by Crippen LogP contribution is -2.59. The van der Waals surface area contributed by atoms with Crippen molar-refractivity contribution in [1.29, 1.82) is 0 Å². The number of esters is 1. The van der Waals surface area contributed by atoms with Crippen molar-refractivity contribution in [3.8, 4) is 0 Å². The molecule has 7 nitrogen and oxygen atoms in total. The Labute approximate surface area is 122 Å². The summed E-state index contributed by atoms with van der Waals surface area (Å²) in [5.41, 5.74) is 0. The van der Waals surface area contributed by atoms with Crippen LogP contribution in [-0.4, -0.2) is 65.9 Å². The third-order valence-electron chi connectivity index (χ3n) is 2.82. The van der Waals surface area contributed by atoms with E-state index in [-0.39, 0.29) is 13.2 Å². The van der Waals surface area contributed by atoms with E-state index in [0.29, 0.717) is 5.11 Å². The number of ether oxygens (including phenoxy) is 2. The first kappa shape index (κ1) is 16.8. The summed E-state index contributed by atoms with van der Waals surface area (Å²) in [6.45, 7) is 2.12. The average molecular weight is 304 g/mol. The minimum atomic E-state index is -1.16. The molecule has 0 aromatic carbocycles. The van der Waals surface area contributed by atoms with Crippen LogP contribution in [0.1, 0.15) is 6.92 Å². The van der Waals surface area contributed by atoms with Crippen molar-refractivity contribution in [1.82, 2.24) is 10.6 Å². The van der Waals surface area contributed by atoms with Gasteiger partial charge in [-0.1, -0.05) is 0 Å². The zero-order valence-corrected chi connectivity index (χ0v) is 12.2. The topological polar surface area (TPSA) is 100 Å². The second-order valence-electron chi connectivity index (χ2n) is 4.22. The predicted molar refractivity (Wildman–Crippen MR) is 76.1 cm³/mol. The van der Waals surface area contributed by atoms with E-state index in [1.165, 1.54) is 12.2 Å². The summed E-state index contributed by atoms with van der Waals surface area (Å²) in [4.78, 5) is 11.2. The van der Waals surface area contributed by atoms with E-state index < -0.39 is 30.3 Å². The van der Waals surface area contributed by atoms with Crippen molar-refractivity contribution in [3.05, 3.63) is 12.2 Å². The van der Waals surface area contributed by atoms with Crippen molar-refractivity contribution in [2.75, 3.05) is 20.3 Å². The number of aliphatic hydroxyl groups excluding tert-OH is 2. The number of rotatable bonds is 4. The van der Waals surface area contributed by atoms with Crippen LogP contribution in [0, 0.1) is 0 Å². The van der Waals surface area contributed by atoms with Gasteiger partial charge in [0.2, 0.25) is 0 Å². The molecular formula is C12H20N2O5S. The molecule has 0 aliphatic carbocycles. The highest BCUT2D eigenvalue weighted by molar-refractivity contribution is 7.80. The van der Waals surface area contributed by atoms with Crippen molar-refractivity contribution in [2.45, 2.75) is 31.3 Å². The number of carbonyl (C=O) groups excluding carboxylic acids is 1. The predicted octanol–water partition coefficient (Wildman–Crippen LogP) is -1.31. The van der Waals surface area contributed by atoms with Crippen LogP contribution >= 0.6 is 12.2 Å². The normalized spacial score (nSPS) is 30.0. The number of carbonyl (C=O) groups is 1. The SMILES string of the molecule is CCOC(=O)C=CC1OCC(NC(=S)NC)C(O)C1O. The van der Waals surface area contributed by atoms with Gasteiger partial charge in [-0.05, 0) is 25.2 Å². The van der Waals surface area contributed by atoms with E-state index in [1.807, 2.05) is 0 Å². The summed E-state index contributed by atoms with van der Waals surface area (Å²) in [5.74, 6) is -0.519. The largest absolute Gasteiger partial charge is 0.463 e. The van der Waals surface area contributed by atoms with Gasteiger partial charge < -0.3 is 30.3 Å². The molecule has 114 valence electrons. The van der Waals surface area contributed by atoms with Crippen LogP contribution in [0.15, 0.2) is 12.2 Å². The van der Waals surface area contributed by atoms with Crippen molar-refractivity contribution >= 4 is 23.3 Å². The monoisotopic (exact) mass is 304 g/mol. The standard InChI is InChI=1S/C12H20N2O5S/c1-3-18-9(15)5-4-8-11(17)10(16)7(6-19-8)14-12(20)13-2/h4-5,7-8,10-11,16-17H,3,6H2,1-2H3,(H2,13,14,20). The van der Waals surface area contributed by atoms with Crippen LogP contribution in [0.2, 0.25) is 0 Å². The van der Waals surface area contributed by atoms with Crippen LogP contribution in [0.4, 0.5) is 0 Å². The highest BCUT2D eigenvalue weighted by Gasteiger charge is 2.37. The Balaban J connectivity index is 2.56. The average Bonchev–Trinajstić information content (AvgIpc) is 2.43. The maximum Gasteiger partial charge on any atom is 0.330 e. The molecule has 0 bridgehead atoms. The van der Waals surface area contributed by atoms with Gasteiger partial charge in [-0.25, -0.2) is 4.79 Å². The molecule has 1 aliphatic rings. The number of hydrogen-bond donors (Lipinski definition) is 4. The summed E-state index contributed by atoms with van der Waals surface area (Å²) in [6, 6.07) is -0.516. The van der Waals surface area contributed by atoms with Crippen LogP contribution in [0.3, 0.4) is 0 Å². The number of hydrogen-bond acceptors (Lipinski definition) is 6. The number of nitrogens with one attached hydrogen (secondary N) is 2. The Morgan fingerprint density at radius 3 is 2.80 bits per heavy atom. The molecule has 8 heteroatoms. The molecule has 4 atom stereocenters. The third kappa shape index (κ3) is 4.71. The minimum absolute atomic E-state index is 0.151. The van der Waals surface area contributed by atoms with Gasteiger partial charge >= 0.3 is 5.97 Å². The second kappa shape index (κ2) is 8.15. The molecule has 4 unspecified atom stereocenters. The van der Waals surface area contributed by atoms with Gasteiger partial charge in [0.25, 0.3) is 0 Å². The van der Waals surface area contributed by atoms with E-state index in [0.717, 1.165) is 0 Å². The van der Waals surface area contributed by atoms with Crippen molar-refractivity contribution in [2.24, 2.45) is 0 Å². The van der Waals surface area contributed by atoms with Gasteiger partial charge in [-0.15, -0.1) is 0 Å². The Hall–Kier alpha value is -1.22. The molecule has 1 aliphatic heterocycles. The molecule has 20 heavy (non-hydrogen) atoms. The molecule has 0 amide bonds. The van der Waals surface area contributed by atoms with Crippen LogP contribution in [-0.2, 0) is 14.3 Å². The smallest absolute Gasteiger partial charge is 0.330 e. The Bertz CT molecular complexity index is 377. The lowest BCUT2D eigenvalue weighted by Gasteiger charge is -2.37. The Kier molecular flexibility index (Phi) is 6.86. The van der Waals surface area contributed by atoms with Gasteiger partial charge in [0, 0.05) is 13.1 Å². The van der Waals surface area contributed by atoms with Crippen LogP contribution in [0.5, 0.6) is 0 Å². The van der Waals surface area contributed by atoms with E-state index in [2.05, 4.69) is 10.6 Å². The summed E-state index contributed by atoms with van der Waals surface area (Å²) >= 11 is 4.93. The Morgan fingerprint density at radius 2 is 2.20 bits per heavy atom. The van der Waals surface area contributed by atoms with E-state index in [1.54, 1.807) is 14.0 Å². The molecule has 0 spiro atoms. The molecule has 1 saturated heterocycles. The first-order valence-electron chi connectivity index (χ1n) is 6.30. The molecular weight excluding hydrogens is 284 g/mol. The summed E-state index contributed by atoms with van der Waals surface area (Å²) in [6.07, 6.45) is -0.441. The quantitative estimate of drug-likeness (QED) is 0.289. The van der Waals surface area contributed by atoms with E-state index >= 15 is 0 Å². The molecule has 1 rings (SSSR count). The fraction of sp³-hybridized carbons (Fsp3) is 0.667. The molecule has 0 saturated carbocycles. The first-order chi connectivity index (χ1) is 9.49. The van der Waals surface area contributed by atoms with Gasteiger partial charge in [0.15, 0.2) is 5.11 Å². The highest BCUT2D eigenvalue weighted by Crippen LogP contribution is 2.16. The fourth-order valence-corrected chi connectivity index (χ4v) is 1.90. The fourth-order valence-electron chi connectivity index (χ4n) is 1.75. The van der Waals surface area contributed by atoms with Gasteiger partial charge in [-0.2, -0.15) is 0 Å². The lowest BCUT2D eigenvalue weighted by atomic mass is 9.98. The number of aliphatic hydroxyl groups is 2. The maximum atomic E-state index is 11.2. The molecule has 1 heterocycles.